The van der Waals surface area contributed by atoms with Gasteiger partial charge in [0.1, 0.15) is 11.0 Å². The van der Waals surface area contributed by atoms with Crippen molar-refractivity contribution in [1.29, 1.82) is 0 Å². The fourth-order valence-electron chi connectivity index (χ4n) is 1.35. The molecule has 1 amide bonds. The lowest BCUT2D eigenvalue weighted by molar-refractivity contribution is 0.0900. The highest BCUT2D eigenvalue weighted by molar-refractivity contribution is 6.32. The fourth-order valence-corrected chi connectivity index (χ4v) is 1.54. The maximum absolute atomic E-state index is 13.0. The molecule has 0 fully saturated rings. The molecule has 1 aromatic rings. The fraction of sp³-hybridized carbons (Fsp3) is 0.500. The Morgan fingerprint density at radius 1 is 1.53 bits per heavy atom. The van der Waals surface area contributed by atoms with Crippen molar-refractivity contribution < 1.29 is 9.18 Å². The summed E-state index contributed by atoms with van der Waals surface area (Å²) in [6.07, 6.45) is 2.56. The zero-order valence-corrected chi connectivity index (χ0v) is 10.9. The van der Waals surface area contributed by atoms with Crippen LogP contribution in [-0.4, -0.2) is 16.4 Å². The number of amides is 1. The molecule has 0 bridgehead atoms. The topological polar surface area (TPSA) is 42.0 Å². The van der Waals surface area contributed by atoms with E-state index >= 15 is 0 Å². The maximum atomic E-state index is 13.0. The summed E-state index contributed by atoms with van der Waals surface area (Å²) in [5.41, 5.74) is -0.244. The van der Waals surface area contributed by atoms with Crippen molar-refractivity contribution in [1.82, 2.24) is 10.3 Å². The molecule has 0 saturated heterocycles. The lowest BCUT2D eigenvalue weighted by Crippen LogP contribution is -2.45. The van der Waals surface area contributed by atoms with Crippen LogP contribution in [0.5, 0.6) is 0 Å². The molecule has 94 valence electrons. The highest BCUT2D eigenvalue weighted by Crippen LogP contribution is 2.18. The van der Waals surface area contributed by atoms with Gasteiger partial charge in [0.2, 0.25) is 0 Å². The highest BCUT2D eigenvalue weighted by atomic mass is 35.5. The summed E-state index contributed by atoms with van der Waals surface area (Å²) in [7, 11) is 0. The third-order valence-corrected chi connectivity index (χ3v) is 3.33. The third-order valence-electron chi connectivity index (χ3n) is 3.03. The Balaban J connectivity index is 2.94. The highest BCUT2D eigenvalue weighted by Gasteiger charge is 2.24. The number of carbonyl (C=O) groups excluding carboxylic acids is 1. The van der Waals surface area contributed by atoms with E-state index in [2.05, 4.69) is 10.3 Å². The average Bonchev–Trinajstić information content (AvgIpc) is 2.32. The first-order valence-corrected chi connectivity index (χ1v) is 5.93. The first-order chi connectivity index (χ1) is 7.91. The quantitative estimate of drug-likeness (QED) is 0.843. The minimum atomic E-state index is -0.575. The van der Waals surface area contributed by atoms with Gasteiger partial charge in [-0.2, -0.15) is 0 Å². The average molecular weight is 259 g/mol. The summed E-state index contributed by atoms with van der Waals surface area (Å²) in [5.74, 6) is -0.970. The predicted molar refractivity (Wildman–Crippen MR) is 65.7 cm³/mol. The number of pyridine rings is 1. The molecule has 1 N–H and O–H groups in total. The molecule has 1 heterocycles. The van der Waals surface area contributed by atoms with Gasteiger partial charge in [-0.05, 0) is 25.8 Å². The summed E-state index contributed by atoms with van der Waals surface area (Å²) < 4.78 is 13.0. The van der Waals surface area contributed by atoms with Gasteiger partial charge in [0, 0.05) is 5.54 Å². The minimum absolute atomic E-state index is 0.0125. The van der Waals surface area contributed by atoms with Crippen molar-refractivity contribution in [3.05, 3.63) is 28.8 Å². The molecule has 0 atom stereocenters. The molecule has 0 radical (unpaired) electrons. The van der Waals surface area contributed by atoms with Crippen LogP contribution in [0.2, 0.25) is 5.15 Å². The predicted octanol–water partition coefficient (Wildman–Crippen LogP) is 3.18. The van der Waals surface area contributed by atoms with Gasteiger partial charge in [0.15, 0.2) is 0 Å². The number of hydrogen-bond acceptors (Lipinski definition) is 2. The van der Waals surface area contributed by atoms with Crippen molar-refractivity contribution in [3.63, 3.8) is 0 Å². The van der Waals surface area contributed by atoms with E-state index < -0.39 is 11.7 Å². The Labute approximate surface area is 105 Å². The van der Waals surface area contributed by atoms with Gasteiger partial charge in [-0.3, -0.25) is 4.79 Å². The number of nitrogens with zero attached hydrogens (tertiary/aromatic N) is 1. The second kappa shape index (κ2) is 5.45. The van der Waals surface area contributed by atoms with Crippen molar-refractivity contribution in [3.8, 4) is 0 Å². The first-order valence-electron chi connectivity index (χ1n) is 5.55. The van der Waals surface area contributed by atoms with E-state index in [0.29, 0.717) is 0 Å². The van der Waals surface area contributed by atoms with Gasteiger partial charge < -0.3 is 5.32 Å². The molecule has 1 aromatic heterocycles. The van der Waals surface area contributed by atoms with Crippen molar-refractivity contribution >= 4 is 17.5 Å². The van der Waals surface area contributed by atoms with Crippen LogP contribution in [-0.2, 0) is 0 Å². The molecule has 5 heteroatoms. The molecule has 0 spiro atoms. The molecule has 0 aliphatic heterocycles. The normalized spacial score (nSPS) is 11.4. The summed E-state index contributed by atoms with van der Waals surface area (Å²) in [4.78, 5) is 15.6. The molecule has 0 unspecified atom stereocenters. The van der Waals surface area contributed by atoms with Gasteiger partial charge in [-0.1, -0.05) is 25.4 Å². The molecule has 0 saturated carbocycles. The second-order valence-electron chi connectivity index (χ2n) is 4.21. The summed E-state index contributed by atoms with van der Waals surface area (Å²) in [6.45, 7) is 5.90. The molecular weight excluding hydrogens is 243 g/mol. The van der Waals surface area contributed by atoms with Gasteiger partial charge in [0.05, 0.1) is 11.8 Å². The van der Waals surface area contributed by atoms with E-state index in [9.17, 15) is 9.18 Å². The zero-order chi connectivity index (χ0) is 13.1. The molecule has 1 rings (SSSR count). The van der Waals surface area contributed by atoms with E-state index in [1.807, 2.05) is 20.8 Å². The zero-order valence-electron chi connectivity index (χ0n) is 10.2. The van der Waals surface area contributed by atoms with Crippen LogP contribution < -0.4 is 5.32 Å². The van der Waals surface area contributed by atoms with Crippen LogP contribution in [0.3, 0.4) is 0 Å². The number of rotatable bonds is 4. The van der Waals surface area contributed by atoms with Gasteiger partial charge in [0.25, 0.3) is 5.91 Å². The Bertz CT molecular complexity index is 419. The molecule has 0 aromatic carbocycles. The van der Waals surface area contributed by atoms with E-state index in [-0.39, 0.29) is 16.3 Å². The van der Waals surface area contributed by atoms with E-state index in [0.717, 1.165) is 25.1 Å². The Morgan fingerprint density at radius 2 is 2.12 bits per heavy atom. The third kappa shape index (κ3) is 3.40. The van der Waals surface area contributed by atoms with Crippen LogP contribution in [0.4, 0.5) is 4.39 Å². The lowest BCUT2D eigenvalue weighted by Gasteiger charge is -2.28. The first kappa shape index (κ1) is 13.9. The summed E-state index contributed by atoms with van der Waals surface area (Å²) >= 11 is 5.77. The van der Waals surface area contributed by atoms with Gasteiger partial charge in [-0.15, -0.1) is 0 Å². The monoisotopic (exact) mass is 258 g/mol. The molecule has 17 heavy (non-hydrogen) atoms. The van der Waals surface area contributed by atoms with Crippen molar-refractivity contribution in [2.75, 3.05) is 0 Å². The van der Waals surface area contributed by atoms with E-state index in [4.69, 9.17) is 11.6 Å². The van der Waals surface area contributed by atoms with Gasteiger partial charge >= 0.3 is 0 Å². The van der Waals surface area contributed by atoms with Crippen LogP contribution in [0.25, 0.3) is 0 Å². The number of halogens is 2. The standard InChI is InChI=1S/C12H16ClFN2O/c1-4-12(3,5-2)16-11(17)9-6-8(14)7-15-10(9)13/h6-7H,4-5H2,1-3H3,(H,16,17). The largest absolute Gasteiger partial charge is 0.347 e. The smallest absolute Gasteiger partial charge is 0.254 e. The van der Waals surface area contributed by atoms with E-state index in [1.165, 1.54) is 0 Å². The Hall–Kier alpha value is -1.16. The molecular formula is C12H16ClFN2O. The summed E-state index contributed by atoms with van der Waals surface area (Å²) in [6, 6.07) is 1.09. The van der Waals surface area contributed by atoms with Crippen molar-refractivity contribution in [2.45, 2.75) is 39.2 Å². The SMILES string of the molecule is CCC(C)(CC)NC(=O)c1cc(F)cnc1Cl. The number of carbonyl (C=O) groups is 1. The Morgan fingerprint density at radius 3 is 2.65 bits per heavy atom. The van der Waals surface area contributed by atoms with Crippen LogP contribution in [0.1, 0.15) is 44.0 Å². The van der Waals surface area contributed by atoms with Crippen LogP contribution >= 0.6 is 11.6 Å². The number of hydrogen-bond donors (Lipinski definition) is 1. The second-order valence-corrected chi connectivity index (χ2v) is 4.57. The maximum Gasteiger partial charge on any atom is 0.254 e. The minimum Gasteiger partial charge on any atom is -0.347 e. The van der Waals surface area contributed by atoms with Crippen LogP contribution in [0.15, 0.2) is 12.3 Å². The van der Waals surface area contributed by atoms with Gasteiger partial charge in [-0.25, -0.2) is 9.37 Å². The molecule has 0 aliphatic carbocycles. The molecule has 0 aliphatic rings. The lowest BCUT2D eigenvalue weighted by atomic mass is 9.95. The van der Waals surface area contributed by atoms with Crippen LogP contribution in [0, 0.1) is 5.82 Å². The number of aromatic nitrogens is 1. The summed E-state index contributed by atoms with van der Waals surface area (Å²) in [5, 5.41) is 2.86. The Kier molecular flexibility index (Phi) is 4.46. The molecule has 3 nitrogen and oxygen atoms in total. The number of nitrogens with one attached hydrogen (secondary N) is 1. The van der Waals surface area contributed by atoms with Crippen molar-refractivity contribution in [2.24, 2.45) is 0 Å². The van der Waals surface area contributed by atoms with E-state index in [1.54, 1.807) is 0 Å².